The summed E-state index contributed by atoms with van der Waals surface area (Å²) in [4.78, 5) is 2.37. The van der Waals surface area contributed by atoms with Gasteiger partial charge in [0, 0.05) is 25.6 Å². The summed E-state index contributed by atoms with van der Waals surface area (Å²) in [6.45, 7) is 2.50. The van der Waals surface area contributed by atoms with Gasteiger partial charge in [-0.05, 0) is 43.6 Å². The van der Waals surface area contributed by atoms with Crippen molar-refractivity contribution in [3.8, 4) is 11.5 Å². The molecule has 0 atom stereocenters. The van der Waals surface area contributed by atoms with Gasteiger partial charge in [0.15, 0.2) is 11.5 Å². The van der Waals surface area contributed by atoms with Gasteiger partial charge in [0.1, 0.15) is 11.6 Å². The fourth-order valence-electron chi connectivity index (χ4n) is 4.03. The van der Waals surface area contributed by atoms with Crippen LogP contribution in [0.5, 0.6) is 11.5 Å². The van der Waals surface area contributed by atoms with Crippen LogP contribution in [0.2, 0.25) is 0 Å². The van der Waals surface area contributed by atoms with E-state index in [1.807, 2.05) is 6.07 Å². The Labute approximate surface area is 162 Å². The smallest absolute Gasteiger partial charge is 0.387 e. The van der Waals surface area contributed by atoms with E-state index in [2.05, 4.69) is 29.7 Å². The number of methoxy groups -OCH3 is 1. The molecule has 0 bridgehead atoms. The number of alkyl halides is 2. The molecule has 2 aliphatic rings. The number of aromatic nitrogens is 3. The van der Waals surface area contributed by atoms with Crippen LogP contribution in [0.1, 0.15) is 36.0 Å². The highest BCUT2D eigenvalue weighted by Crippen LogP contribution is 2.32. The van der Waals surface area contributed by atoms with Crippen LogP contribution in [0, 0.1) is 0 Å². The molecule has 0 unspecified atom stereocenters. The molecule has 4 rings (SSSR count). The van der Waals surface area contributed by atoms with E-state index in [0.29, 0.717) is 11.7 Å². The van der Waals surface area contributed by atoms with Crippen LogP contribution in [0.15, 0.2) is 18.2 Å². The quantitative estimate of drug-likeness (QED) is 0.813. The lowest BCUT2D eigenvalue weighted by Crippen LogP contribution is -2.34. The number of nitrogens with one attached hydrogen (secondary N) is 1. The number of hydrogen-bond donors (Lipinski definition) is 1. The van der Waals surface area contributed by atoms with Crippen molar-refractivity contribution in [1.82, 2.24) is 25.0 Å². The normalized spacial score (nSPS) is 18.3. The monoisotopic (exact) mass is 393 g/mol. The molecule has 0 saturated carbocycles. The molecular formula is C19H25F2N5O2. The number of benzene rings is 1. The molecule has 1 aromatic carbocycles. The van der Waals surface area contributed by atoms with Crippen molar-refractivity contribution in [2.45, 2.75) is 45.0 Å². The lowest BCUT2D eigenvalue weighted by atomic mass is 9.95. The number of hydrogen-bond acceptors (Lipinski definition) is 6. The van der Waals surface area contributed by atoms with Crippen LogP contribution in [0.4, 0.5) is 8.78 Å². The maximum atomic E-state index is 12.5. The van der Waals surface area contributed by atoms with E-state index >= 15 is 0 Å². The minimum atomic E-state index is -2.86. The number of halogens is 2. The van der Waals surface area contributed by atoms with Gasteiger partial charge in [0.05, 0.1) is 13.7 Å². The Bertz CT molecular complexity index is 806. The lowest BCUT2D eigenvalue weighted by molar-refractivity contribution is -0.0512. The predicted molar refractivity (Wildman–Crippen MR) is 98.6 cm³/mol. The second-order valence-corrected chi connectivity index (χ2v) is 7.22. The molecule has 0 amide bonds. The van der Waals surface area contributed by atoms with E-state index in [-0.39, 0.29) is 5.75 Å². The largest absolute Gasteiger partial charge is 0.493 e. The summed E-state index contributed by atoms with van der Waals surface area (Å²) in [5.41, 5.74) is 1.02. The molecule has 1 aromatic heterocycles. The molecule has 1 N–H and O–H groups in total. The molecule has 2 aliphatic heterocycles. The standard InChI is InChI=1S/C19H25F2N5O2/c1-27-16-10-13(2-3-15(16)28-19(20)21)12-25-7-4-14(5-8-25)18-24-23-17-11-22-6-9-26(17)18/h2-3,10,14,19,22H,4-9,11-12H2,1H3. The van der Waals surface area contributed by atoms with Crippen LogP contribution in [0.25, 0.3) is 0 Å². The zero-order chi connectivity index (χ0) is 19.5. The van der Waals surface area contributed by atoms with Gasteiger partial charge in [0.2, 0.25) is 0 Å². The summed E-state index contributed by atoms with van der Waals surface area (Å²) >= 11 is 0. The van der Waals surface area contributed by atoms with Crippen molar-refractivity contribution in [3.05, 3.63) is 35.4 Å². The maximum absolute atomic E-state index is 12.5. The van der Waals surface area contributed by atoms with Crippen molar-refractivity contribution in [3.63, 3.8) is 0 Å². The van der Waals surface area contributed by atoms with Crippen molar-refractivity contribution in [2.75, 3.05) is 26.7 Å². The molecule has 0 spiro atoms. The third-order valence-electron chi connectivity index (χ3n) is 5.45. The predicted octanol–water partition coefficient (Wildman–Crippen LogP) is 2.37. The summed E-state index contributed by atoms with van der Waals surface area (Å²) in [5, 5.41) is 12.1. The van der Waals surface area contributed by atoms with Gasteiger partial charge in [-0.2, -0.15) is 8.78 Å². The number of rotatable bonds is 6. The third-order valence-corrected chi connectivity index (χ3v) is 5.45. The highest BCUT2D eigenvalue weighted by atomic mass is 19.3. The van der Waals surface area contributed by atoms with Crippen LogP contribution in [-0.2, 0) is 19.6 Å². The molecular weight excluding hydrogens is 368 g/mol. The van der Waals surface area contributed by atoms with Gasteiger partial charge >= 0.3 is 6.61 Å². The lowest BCUT2D eigenvalue weighted by Gasteiger charge is -2.32. The van der Waals surface area contributed by atoms with Gasteiger partial charge < -0.3 is 19.4 Å². The van der Waals surface area contributed by atoms with Crippen molar-refractivity contribution in [2.24, 2.45) is 0 Å². The van der Waals surface area contributed by atoms with Crippen LogP contribution >= 0.6 is 0 Å². The second-order valence-electron chi connectivity index (χ2n) is 7.22. The molecule has 2 aromatic rings. The van der Waals surface area contributed by atoms with Gasteiger partial charge in [-0.3, -0.25) is 4.90 Å². The summed E-state index contributed by atoms with van der Waals surface area (Å²) in [6, 6.07) is 5.13. The Balaban J connectivity index is 1.36. The van der Waals surface area contributed by atoms with E-state index in [1.165, 1.54) is 7.11 Å². The van der Waals surface area contributed by atoms with Crippen LogP contribution in [-0.4, -0.2) is 53.0 Å². The van der Waals surface area contributed by atoms with E-state index in [9.17, 15) is 8.78 Å². The molecule has 9 heteroatoms. The maximum Gasteiger partial charge on any atom is 0.387 e. The molecule has 1 fully saturated rings. The fourth-order valence-corrected chi connectivity index (χ4v) is 4.03. The first-order valence-corrected chi connectivity index (χ1v) is 9.61. The van der Waals surface area contributed by atoms with E-state index < -0.39 is 6.61 Å². The minimum Gasteiger partial charge on any atom is -0.493 e. The summed E-state index contributed by atoms with van der Waals surface area (Å²) < 4.78 is 36.9. The molecule has 28 heavy (non-hydrogen) atoms. The Hall–Kier alpha value is -2.26. The highest BCUT2D eigenvalue weighted by molar-refractivity contribution is 5.43. The number of piperidine rings is 1. The highest BCUT2D eigenvalue weighted by Gasteiger charge is 2.27. The first kappa shape index (κ1) is 19.1. The van der Waals surface area contributed by atoms with Crippen molar-refractivity contribution < 1.29 is 18.3 Å². The topological polar surface area (TPSA) is 64.4 Å². The fraction of sp³-hybridized carbons (Fsp3) is 0.579. The molecule has 7 nitrogen and oxygen atoms in total. The van der Waals surface area contributed by atoms with Crippen molar-refractivity contribution in [1.29, 1.82) is 0 Å². The van der Waals surface area contributed by atoms with Crippen LogP contribution < -0.4 is 14.8 Å². The van der Waals surface area contributed by atoms with E-state index in [1.54, 1.807) is 12.1 Å². The Morgan fingerprint density at radius 1 is 1.18 bits per heavy atom. The summed E-state index contributed by atoms with van der Waals surface area (Å²) in [6.07, 6.45) is 2.07. The number of ether oxygens (including phenoxy) is 2. The molecule has 152 valence electrons. The van der Waals surface area contributed by atoms with Gasteiger partial charge in [0.25, 0.3) is 0 Å². The average Bonchev–Trinajstić information content (AvgIpc) is 3.13. The number of fused-ring (bicyclic) bond motifs is 1. The molecule has 0 radical (unpaired) electrons. The van der Waals surface area contributed by atoms with Gasteiger partial charge in [-0.15, -0.1) is 10.2 Å². The zero-order valence-corrected chi connectivity index (χ0v) is 15.9. The third kappa shape index (κ3) is 4.10. The Kier molecular flexibility index (Phi) is 5.72. The molecule has 3 heterocycles. The van der Waals surface area contributed by atoms with Crippen LogP contribution in [0.3, 0.4) is 0 Å². The molecule has 0 aliphatic carbocycles. The zero-order valence-electron chi connectivity index (χ0n) is 15.9. The Morgan fingerprint density at radius 2 is 2.00 bits per heavy atom. The number of likely N-dealkylation sites (tertiary alicyclic amines) is 1. The Morgan fingerprint density at radius 3 is 2.75 bits per heavy atom. The number of nitrogens with zero attached hydrogens (tertiary/aromatic N) is 4. The van der Waals surface area contributed by atoms with E-state index in [4.69, 9.17) is 4.74 Å². The second kappa shape index (κ2) is 8.40. The first-order valence-electron chi connectivity index (χ1n) is 9.61. The molecule has 1 saturated heterocycles. The SMILES string of the molecule is COc1cc(CN2CCC(c3nnc4n3CCNC4)CC2)ccc1OC(F)F. The van der Waals surface area contributed by atoms with E-state index in [0.717, 1.165) is 69.3 Å². The van der Waals surface area contributed by atoms with Gasteiger partial charge in [-0.25, -0.2) is 0 Å². The summed E-state index contributed by atoms with van der Waals surface area (Å²) in [7, 11) is 1.46. The average molecular weight is 393 g/mol. The summed E-state index contributed by atoms with van der Waals surface area (Å²) in [5.74, 6) is 2.97. The van der Waals surface area contributed by atoms with Crippen molar-refractivity contribution >= 4 is 0 Å². The first-order chi connectivity index (χ1) is 13.6. The van der Waals surface area contributed by atoms with Gasteiger partial charge in [-0.1, -0.05) is 6.07 Å². The minimum absolute atomic E-state index is 0.0611.